The number of aromatic nitrogens is 1. The summed E-state index contributed by atoms with van der Waals surface area (Å²) in [6, 6.07) is 7.02. The third kappa shape index (κ3) is 3.93. The third-order valence-electron chi connectivity index (χ3n) is 2.60. The molecule has 5 nitrogen and oxygen atoms in total. The van der Waals surface area contributed by atoms with Gasteiger partial charge in [-0.2, -0.15) is 4.73 Å². The van der Waals surface area contributed by atoms with Crippen molar-refractivity contribution >= 4 is 35.0 Å². The Labute approximate surface area is 130 Å². The predicted octanol–water partition coefficient (Wildman–Crippen LogP) is 2.67. The van der Waals surface area contributed by atoms with E-state index in [0.29, 0.717) is 9.75 Å². The van der Waals surface area contributed by atoms with Crippen molar-refractivity contribution < 1.29 is 19.1 Å². The number of hydrogen-bond acceptors (Lipinski definition) is 4. The van der Waals surface area contributed by atoms with Gasteiger partial charge in [-0.25, -0.2) is 4.79 Å². The minimum atomic E-state index is -0.700. The molecule has 0 amide bonds. The summed E-state index contributed by atoms with van der Waals surface area (Å²) in [4.78, 5) is 23.6. The summed E-state index contributed by atoms with van der Waals surface area (Å²) in [5.74, 6) is -1.14. The Bertz CT molecular complexity index is 686. The van der Waals surface area contributed by atoms with Crippen molar-refractivity contribution in [3.8, 4) is 0 Å². The SMILES string of the molecule is O=C(OCC(=O)c1ccc(Cl)cc1Cl)c1cc[n+]([O-])cc1. The second kappa shape index (κ2) is 6.56. The van der Waals surface area contributed by atoms with Crippen LogP contribution in [0.5, 0.6) is 0 Å². The maximum Gasteiger partial charge on any atom is 0.339 e. The van der Waals surface area contributed by atoms with Crippen LogP contribution in [-0.4, -0.2) is 18.4 Å². The van der Waals surface area contributed by atoms with Crippen LogP contribution >= 0.6 is 23.2 Å². The van der Waals surface area contributed by atoms with Gasteiger partial charge in [-0.3, -0.25) is 4.79 Å². The van der Waals surface area contributed by atoms with Gasteiger partial charge in [-0.15, -0.1) is 0 Å². The Kier molecular flexibility index (Phi) is 4.77. The molecule has 0 N–H and O–H groups in total. The van der Waals surface area contributed by atoms with Gasteiger partial charge >= 0.3 is 5.97 Å². The highest BCUT2D eigenvalue weighted by Gasteiger charge is 2.15. The molecule has 0 spiro atoms. The molecular weight excluding hydrogens is 317 g/mol. The van der Waals surface area contributed by atoms with E-state index in [1.54, 1.807) is 0 Å². The van der Waals surface area contributed by atoms with E-state index >= 15 is 0 Å². The quantitative estimate of drug-likeness (QED) is 0.375. The molecule has 2 aromatic rings. The maximum atomic E-state index is 11.9. The number of pyridine rings is 1. The molecule has 1 aromatic carbocycles. The standard InChI is InChI=1S/C14H9Cl2NO4/c15-10-1-2-11(12(16)7-10)13(18)8-21-14(19)9-3-5-17(20)6-4-9/h1-7H,8H2. The van der Waals surface area contributed by atoms with E-state index in [0.717, 1.165) is 12.4 Å². The van der Waals surface area contributed by atoms with Crippen molar-refractivity contribution in [3.05, 3.63) is 69.1 Å². The molecule has 0 atom stereocenters. The smallest absolute Gasteiger partial charge is 0.339 e. The lowest BCUT2D eigenvalue weighted by Crippen LogP contribution is -2.24. The summed E-state index contributed by atoms with van der Waals surface area (Å²) < 4.78 is 5.42. The highest BCUT2D eigenvalue weighted by atomic mass is 35.5. The number of ether oxygens (including phenoxy) is 1. The van der Waals surface area contributed by atoms with Crippen LogP contribution in [0, 0.1) is 5.21 Å². The van der Waals surface area contributed by atoms with Crippen LogP contribution in [-0.2, 0) is 4.74 Å². The number of benzene rings is 1. The lowest BCUT2D eigenvalue weighted by atomic mass is 10.1. The molecule has 0 aliphatic rings. The van der Waals surface area contributed by atoms with Crippen LogP contribution < -0.4 is 4.73 Å². The summed E-state index contributed by atoms with van der Waals surface area (Å²) in [5.41, 5.74) is 0.399. The summed E-state index contributed by atoms with van der Waals surface area (Å²) in [7, 11) is 0. The average molecular weight is 326 g/mol. The number of hydrogen-bond donors (Lipinski definition) is 0. The normalized spacial score (nSPS) is 10.2. The molecule has 0 aliphatic heterocycles. The summed E-state index contributed by atoms with van der Waals surface area (Å²) >= 11 is 11.6. The molecule has 0 fully saturated rings. The molecule has 0 bridgehead atoms. The summed E-state index contributed by atoms with van der Waals surface area (Å²) in [6.07, 6.45) is 2.32. The van der Waals surface area contributed by atoms with E-state index in [4.69, 9.17) is 27.9 Å². The van der Waals surface area contributed by atoms with Crippen molar-refractivity contribution in [2.45, 2.75) is 0 Å². The first-order valence-electron chi connectivity index (χ1n) is 5.81. The number of carbonyl (C=O) groups is 2. The first-order chi connectivity index (χ1) is 9.97. The van der Waals surface area contributed by atoms with Gasteiger partial charge in [-0.1, -0.05) is 23.2 Å². The zero-order valence-electron chi connectivity index (χ0n) is 10.6. The number of ketones is 1. The van der Waals surface area contributed by atoms with Gasteiger partial charge in [0.15, 0.2) is 19.0 Å². The van der Waals surface area contributed by atoms with E-state index in [9.17, 15) is 14.8 Å². The van der Waals surface area contributed by atoms with Crippen LogP contribution in [0.4, 0.5) is 0 Å². The monoisotopic (exact) mass is 325 g/mol. The Morgan fingerprint density at radius 3 is 2.43 bits per heavy atom. The maximum absolute atomic E-state index is 11.9. The zero-order valence-corrected chi connectivity index (χ0v) is 12.1. The van der Waals surface area contributed by atoms with E-state index in [1.165, 1.54) is 30.3 Å². The number of nitrogens with zero attached hydrogens (tertiary/aromatic N) is 1. The minimum Gasteiger partial charge on any atom is -0.619 e. The molecule has 0 unspecified atom stereocenters. The number of halogens is 2. The molecule has 0 saturated carbocycles. The second-order valence-corrected chi connectivity index (χ2v) is 4.91. The van der Waals surface area contributed by atoms with Crippen LogP contribution in [0.1, 0.15) is 20.7 Å². The van der Waals surface area contributed by atoms with E-state index in [1.807, 2.05) is 0 Å². The van der Waals surface area contributed by atoms with Crippen molar-refractivity contribution in [2.24, 2.45) is 0 Å². The van der Waals surface area contributed by atoms with Crippen molar-refractivity contribution in [1.82, 2.24) is 0 Å². The highest BCUT2D eigenvalue weighted by Crippen LogP contribution is 2.21. The molecule has 0 saturated heterocycles. The Balaban J connectivity index is 2.00. The van der Waals surface area contributed by atoms with Crippen molar-refractivity contribution in [2.75, 3.05) is 6.61 Å². The van der Waals surface area contributed by atoms with Crippen molar-refractivity contribution in [1.29, 1.82) is 0 Å². The molecule has 0 radical (unpaired) electrons. The van der Waals surface area contributed by atoms with Gasteiger partial charge in [-0.05, 0) is 18.2 Å². The number of esters is 1. The van der Waals surface area contributed by atoms with Crippen LogP contribution in [0.3, 0.4) is 0 Å². The lowest BCUT2D eigenvalue weighted by Gasteiger charge is -2.06. The Hall–Kier alpha value is -2.11. The van der Waals surface area contributed by atoms with Gasteiger partial charge in [0.05, 0.1) is 10.6 Å². The fraction of sp³-hybridized carbons (Fsp3) is 0.0714. The topological polar surface area (TPSA) is 70.3 Å². The van der Waals surface area contributed by atoms with Gasteiger partial charge < -0.3 is 9.94 Å². The van der Waals surface area contributed by atoms with Gasteiger partial charge in [0, 0.05) is 22.7 Å². The predicted molar refractivity (Wildman–Crippen MR) is 76.5 cm³/mol. The number of Topliss-reactive ketones (excluding diaryl/α,β-unsaturated/α-hetero) is 1. The summed E-state index contributed by atoms with van der Waals surface area (Å²) in [5, 5.41) is 11.4. The highest BCUT2D eigenvalue weighted by molar-refractivity contribution is 6.36. The fourth-order valence-corrected chi connectivity index (χ4v) is 2.07. The largest absolute Gasteiger partial charge is 0.619 e. The molecule has 1 heterocycles. The first kappa shape index (κ1) is 15.3. The van der Waals surface area contributed by atoms with E-state index < -0.39 is 18.4 Å². The summed E-state index contributed by atoms with van der Waals surface area (Å²) in [6.45, 7) is -0.452. The number of rotatable bonds is 4. The third-order valence-corrected chi connectivity index (χ3v) is 3.15. The second-order valence-electron chi connectivity index (χ2n) is 4.07. The molecule has 2 rings (SSSR count). The first-order valence-corrected chi connectivity index (χ1v) is 6.57. The van der Waals surface area contributed by atoms with E-state index in [-0.39, 0.29) is 16.1 Å². The van der Waals surface area contributed by atoms with Gasteiger partial charge in [0.2, 0.25) is 5.78 Å². The molecule has 7 heteroatoms. The lowest BCUT2D eigenvalue weighted by molar-refractivity contribution is -0.605. The number of carbonyl (C=O) groups excluding carboxylic acids is 2. The molecule has 0 aliphatic carbocycles. The molecule has 21 heavy (non-hydrogen) atoms. The molecule has 1 aromatic heterocycles. The Morgan fingerprint density at radius 1 is 1.14 bits per heavy atom. The van der Waals surface area contributed by atoms with Crippen molar-refractivity contribution in [3.63, 3.8) is 0 Å². The van der Waals surface area contributed by atoms with Gasteiger partial charge in [0.25, 0.3) is 0 Å². The molecular formula is C14H9Cl2NO4. The van der Waals surface area contributed by atoms with E-state index in [2.05, 4.69) is 0 Å². The molecule has 108 valence electrons. The minimum absolute atomic E-state index is 0.178. The van der Waals surface area contributed by atoms with Crippen LogP contribution in [0.15, 0.2) is 42.7 Å². The van der Waals surface area contributed by atoms with Gasteiger partial charge in [0.1, 0.15) is 0 Å². The Morgan fingerprint density at radius 2 is 1.81 bits per heavy atom. The zero-order chi connectivity index (χ0) is 15.4. The van der Waals surface area contributed by atoms with Crippen LogP contribution in [0.25, 0.3) is 0 Å². The average Bonchev–Trinajstić information content (AvgIpc) is 2.45. The fourth-order valence-electron chi connectivity index (χ4n) is 1.56. The van der Waals surface area contributed by atoms with Crippen LogP contribution in [0.2, 0.25) is 10.0 Å².